The van der Waals surface area contributed by atoms with E-state index in [1.54, 1.807) is 11.3 Å². The molecule has 1 aromatic heterocycles. The SMILES string of the molecule is [O-2].[Zn+2].c1ccc2scnc2c1. The van der Waals surface area contributed by atoms with Crippen LogP contribution in [0.15, 0.2) is 29.8 Å². The topological polar surface area (TPSA) is 41.4 Å². The first-order valence-electron chi connectivity index (χ1n) is 2.75. The molecular formula is C7H5NOSZn. The standard InChI is InChI=1S/C7H5NS.O.Zn/c1-2-4-7-6(3-1)8-5-9-7;;/h1-5H;;/q;-2;+2. The van der Waals surface area contributed by atoms with Crippen molar-refractivity contribution in [2.45, 2.75) is 0 Å². The van der Waals surface area contributed by atoms with Crippen molar-refractivity contribution in [1.82, 2.24) is 4.98 Å². The Balaban J connectivity index is 0.000000500. The summed E-state index contributed by atoms with van der Waals surface area (Å²) in [6.07, 6.45) is 0. The van der Waals surface area contributed by atoms with E-state index in [2.05, 4.69) is 11.1 Å². The molecule has 0 spiro atoms. The molecule has 0 amide bonds. The van der Waals surface area contributed by atoms with Crippen LogP contribution in [0.4, 0.5) is 0 Å². The molecule has 0 aliphatic rings. The Morgan fingerprint density at radius 3 is 2.64 bits per heavy atom. The summed E-state index contributed by atoms with van der Waals surface area (Å²) in [5, 5.41) is 0. The maximum Gasteiger partial charge on any atom is 2.00 e. The fourth-order valence-electron chi connectivity index (χ4n) is 0.803. The van der Waals surface area contributed by atoms with Crippen molar-refractivity contribution < 1.29 is 25.0 Å². The fraction of sp³-hybridized carbons (Fsp3) is 0. The number of hydrogen-bond donors (Lipinski definition) is 0. The first kappa shape index (κ1) is 10.7. The van der Waals surface area contributed by atoms with Gasteiger partial charge in [0.15, 0.2) is 0 Å². The number of rotatable bonds is 0. The van der Waals surface area contributed by atoms with Gasteiger partial charge in [0.2, 0.25) is 0 Å². The van der Waals surface area contributed by atoms with Crippen LogP contribution in [0, 0.1) is 0 Å². The van der Waals surface area contributed by atoms with Gasteiger partial charge in [0.25, 0.3) is 0 Å². The Morgan fingerprint density at radius 1 is 1.18 bits per heavy atom. The monoisotopic (exact) mass is 215 g/mol. The van der Waals surface area contributed by atoms with Gasteiger partial charge in [-0.15, -0.1) is 11.3 Å². The molecule has 1 aromatic carbocycles. The number of fused-ring (bicyclic) bond motifs is 1. The first-order chi connectivity index (χ1) is 4.47. The molecule has 1 heterocycles. The molecule has 0 saturated carbocycles. The molecule has 11 heavy (non-hydrogen) atoms. The molecule has 0 aliphatic heterocycles. The van der Waals surface area contributed by atoms with E-state index in [4.69, 9.17) is 0 Å². The van der Waals surface area contributed by atoms with E-state index in [1.165, 1.54) is 4.70 Å². The van der Waals surface area contributed by atoms with Crippen molar-refractivity contribution in [3.05, 3.63) is 29.8 Å². The third kappa shape index (κ3) is 2.06. The Bertz CT molecular complexity index is 292. The zero-order valence-electron chi connectivity index (χ0n) is 5.86. The van der Waals surface area contributed by atoms with Crippen molar-refractivity contribution in [2.24, 2.45) is 0 Å². The molecule has 0 radical (unpaired) electrons. The van der Waals surface area contributed by atoms with Crippen LogP contribution < -0.4 is 0 Å². The molecule has 0 N–H and O–H groups in total. The van der Waals surface area contributed by atoms with Crippen molar-refractivity contribution in [1.29, 1.82) is 0 Å². The minimum Gasteiger partial charge on any atom is -2.00 e. The van der Waals surface area contributed by atoms with Crippen LogP contribution in [0.5, 0.6) is 0 Å². The summed E-state index contributed by atoms with van der Waals surface area (Å²) < 4.78 is 1.26. The maximum absolute atomic E-state index is 4.14. The van der Waals surface area contributed by atoms with Crippen LogP contribution in [0.3, 0.4) is 0 Å². The summed E-state index contributed by atoms with van der Waals surface area (Å²) in [6, 6.07) is 8.13. The second-order valence-corrected chi connectivity index (χ2v) is 2.71. The molecule has 0 bridgehead atoms. The van der Waals surface area contributed by atoms with E-state index in [-0.39, 0.29) is 25.0 Å². The second-order valence-electron chi connectivity index (χ2n) is 1.82. The van der Waals surface area contributed by atoms with E-state index in [9.17, 15) is 0 Å². The summed E-state index contributed by atoms with van der Waals surface area (Å²) in [4.78, 5) is 4.14. The van der Waals surface area contributed by atoms with Gasteiger partial charge in [-0.1, -0.05) is 12.1 Å². The number of aromatic nitrogens is 1. The molecule has 52 valence electrons. The summed E-state index contributed by atoms with van der Waals surface area (Å²) in [5.41, 5.74) is 2.97. The van der Waals surface area contributed by atoms with Crippen LogP contribution >= 0.6 is 11.3 Å². The Morgan fingerprint density at radius 2 is 1.91 bits per heavy atom. The normalized spacial score (nSPS) is 8.36. The fourth-order valence-corrected chi connectivity index (χ4v) is 1.48. The van der Waals surface area contributed by atoms with E-state index in [0.717, 1.165) is 5.52 Å². The third-order valence-electron chi connectivity index (χ3n) is 1.24. The van der Waals surface area contributed by atoms with E-state index < -0.39 is 0 Å². The Kier molecular flexibility index (Phi) is 4.42. The average molecular weight is 217 g/mol. The first-order valence-corrected chi connectivity index (χ1v) is 3.63. The predicted octanol–water partition coefficient (Wildman–Crippen LogP) is 2.17. The van der Waals surface area contributed by atoms with Crippen LogP contribution in [0.25, 0.3) is 10.2 Å². The maximum atomic E-state index is 4.14. The summed E-state index contributed by atoms with van der Waals surface area (Å²) in [5.74, 6) is 0. The smallest absolute Gasteiger partial charge is 2.00 e. The van der Waals surface area contributed by atoms with Gasteiger partial charge in [-0.05, 0) is 12.1 Å². The van der Waals surface area contributed by atoms with Gasteiger partial charge in [-0.3, -0.25) is 0 Å². The van der Waals surface area contributed by atoms with Crippen LogP contribution in [-0.4, -0.2) is 4.98 Å². The van der Waals surface area contributed by atoms with Crippen molar-refractivity contribution >= 4 is 21.6 Å². The molecule has 2 rings (SSSR count). The summed E-state index contributed by atoms with van der Waals surface area (Å²) in [6.45, 7) is 0. The molecule has 2 nitrogen and oxygen atoms in total. The van der Waals surface area contributed by atoms with Gasteiger partial charge >= 0.3 is 19.5 Å². The van der Waals surface area contributed by atoms with Gasteiger partial charge in [0.1, 0.15) is 0 Å². The Labute approximate surface area is 81.3 Å². The van der Waals surface area contributed by atoms with Crippen molar-refractivity contribution in [3.8, 4) is 0 Å². The van der Waals surface area contributed by atoms with Crippen LogP contribution in [0.1, 0.15) is 0 Å². The summed E-state index contributed by atoms with van der Waals surface area (Å²) in [7, 11) is 0. The van der Waals surface area contributed by atoms with Crippen molar-refractivity contribution in [2.75, 3.05) is 0 Å². The number of hydrogen-bond acceptors (Lipinski definition) is 2. The third-order valence-corrected chi connectivity index (χ3v) is 2.05. The van der Waals surface area contributed by atoms with Crippen LogP contribution in [-0.2, 0) is 25.0 Å². The quantitative estimate of drug-likeness (QED) is 0.623. The second kappa shape index (κ2) is 4.55. The number of nitrogens with zero attached hydrogens (tertiary/aromatic N) is 1. The van der Waals surface area contributed by atoms with Gasteiger partial charge in [-0.2, -0.15) is 0 Å². The van der Waals surface area contributed by atoms with Crippen molar-refractivity contribution in [3.63, 3.8) is 0 Å². The molecule has 0 atom stereocenters. The largest absolute Gasteiger partial charge is 2.00 e. The summed E-state index contributed by atoms with van der Waals surface area (Å²) >= 11 is 1.68. The van der Waals surface area contributed by atoms with Gasteiger partial charge in [0, 0.05) is 0 Å². The molecular weight excluding hydrogens is 212 g/mol. The zero-order chi connectivity index (χ0) is 6.10. The zero-order valence-corrected chi connectivity index (χ0v) is 9.64. The Hall–Kier alpha value is -0.307. The molecule has 0 unspecified atom stereocenters. The van der Waals surface area contributed by atoms with Crippen LogP contribution in [0.2, 0.25) is 0 Å². The average Bonchev–Trinajstić information content (AvgIpc) is 2.33. The number of benzene rings is 1. The molecule has 0 saturated heterocycles. The van der Waals surface area contributed by atoms with Gasteiger partial charge < -0.3 is 5.48 Å². The van der Waals surface area contributed by atoms with E-state index >= 15 is 0 Å². The molecule has 4 heteroatoms. The minimum atomic E-state index is 0. The van der Waals surface area contributed by atoms with Gasteiger partial charge in [-0.25, -0.2) is 4.98 Å². The minimum absolute atomic E-state index is 0. The molecule has 2 aromatic rings. The van der Waals surface area contributed by atoms with Gasteiger partial charge in [0.05, 0.1) is 15.7 Å². The molecule has 0 aliphatic carbocycles. The van der Waals surface area contributed by atoms with E-state index in [0.29, 0.717) is 0 Å². The predicted molar refractivity (Wildman–Crippen MR) is 40.3 cm³/mol. The number of para-hydroxylation sites is 1. The van der Waals surface area contributed by atoms with E-state index in [1.807, 2.05) is 23.7 Å². The molecule has 0 fully saturated rings. The number of thiazole rings is 1.